The lowest BCUT2D eigenvalue weighted by Crippen LogP contribution is -2.11. The van der Waals surface area contributed by atoms with Crippen LogP contribution in [-0.4, -0.2) is 22.7 Å². The van der Waals surface area contributed by atoms with E-state index in [4.69, 9.17) is 21.1 Å². The highest BCUT2D eigenvalue weighted by atomic mass is 35.5. The Balaban J connectivity index is 1.56. The molecule has 0 bridgehead atoms. The number of allylic oxidation sites excluding steroid dienone is 1. The van der Waals surface area contributed by atoms with E-state index < -0.39 is 0 Å². The molecule has 1 N–H and O–H groups in total. The molecular weight excluding hydrogens is 515 g/mol. The molecular formula is C27H20ClFN4O3S. The van der Waals surface area contributed by atoms with Gasteiger partial charge in [-0.25, -0.2) is 4.39 Å². The lowest BCUT2D eigenvalue weighted by Gasteiger charge is -2.15. The van der Waals surface area contributed by atoms with Crippen molar-refractivity contribution in [2.24, 2.45) is 0 Å². The molecule has 186 valence electrons. The van der Waals surface area contributed by atoms with Crippen molar-refractivity contribution in [3.05, 3.63) is 99.3 Å². The van der Waals surface area contributed by atoms with Gasteiger partial charge in [-0.05, 0) is 48.9 Å². The molecule has 0 fully saturated rings. The van der Waals surface area contributed by atoms with Crippen molar-refractivity contribution in [1.82, 2.24) is 10.2 Å². The first kappa shape index (κ1) is 25.8. The zero-order valence-electron chi connectivity index (χ0n) is 19.6. The van der Waals surface area contributed by atoms with Crippen LogP contribution in [0.4, 0.5) is 9.52 Å². The van der Waals surface area contributed by atoms with Crippen molar-refractivity contribution in [3.63, 3.8) is 0 Å². The quantitative estimate of drug-likeness (QED) is 0.242. The van der Waals surface area contributed by atoms with Crippen LogP contribution in [0.25, 0.3) is 11.6 Å². The van der Waals surface area contributed by atoms with E-state index in [1.807, 2.05) is 13.0 Å². The van der Waals surface area contributed by atoms with E-state index >= 15 is 0 Å². The number of hydrogen-bond acceptors (Lipinski definition) is 7. The van der Waals surface area contributed by atoms with Crippen LogP contribution in [0.2, 0.25) is 5.02 Å². The molecule has 0 radical (unpaired) electrons. The first-order valence-corrected chi connectivity index (χ1v) is 12.3. The molecule has 0 aliphatic heterocycles. The molecule has 7 nitrogen and oxygen atoms in total. The third-order valence-electron chi connectivity index (χ3n) is 5.00. The summed E-state index contributed by atoms with van der Waals surface area (Å²) in [5.41, 5.74) is 1.64. The Morgan fingerprint density at radius 2 is 1.89 bits per heavy atom. The van der Waals surface area contributed by atoms with Gasteiger partial charge in [-0.1, -0.05) is 59.3 Å². The van der Waals surface area contributed by atoms with Gasteiger partial charge in [0.05, 0.1) is 17.2 Å². The second-order valence-corrected chi connectivity index (χ2v) is 8.93. The Morgan fingerprint density at radius 3 is 2.62 bits per heavy atom. The number of nitriles is 1. The van der Waals surface area contributed by atoms with Gasteiger partial charge in [-0.15, -0.1) is 10.2 Å². The van der Waals surface area contributed by atoms with Gasteiger partial charge in [0, 0.05) is 11.1 Å². The van der Waals surface area contributed by atoms with Gasteiger partial charge >= 0.3 is 0 Å². The van der Waals surface area contributed by atoms with Crippen LogP contribution in [0.15, 0.2) is 66.7 Å². The minimum Gasteiger partial charge on any atom is -0.490 e. The summed E-state index contributed by atoms with van der Waals surface area (Å²) in [6, 6.07) is 20.4. The predicted octanol–water partition coefficient (Wildman–Crippen LogP) is 6.62. The molecule has 0 aliphatic rings. The largest absolute Gasteiger partial charge is 0.490 e. The summed E-state index contributed by atoms with van der Waals surface area (Å²) >= 11 is 7.55. The number of rotatable bonds is 9. The Hall–Kier alpha value is -4.26. The Bertz CT molecular complexity index is 1480. The summed E-state index contributed by atoms with van der Waals surface area (Å²) in [5.74, 6) is -0.0942. The number of carbonyl (C=O) groups excluding carboxylic acids is 1. The van der Waals surface area contributed by atoms with Crippen LogP contribution >= 0.6 is 22.9 Å². The lowest BCUT2D eigenvalue weighted by atomic mass is 10.1. The number of hydrogen-bond donors (Lipinski definition) is 1. The Morgan fingerprint density at radius 1 is 1.14 bits per heavy atom. The van der Waals surface area contributed by atoms with Crippen LogP contribution in [0, 0.1) is 17.1 Å². The SMILES string of the molecule is CCOc1cc(/C=C(\C#N)c2nnc(NC(=O)c3ccccc3)s2)cc(Cl)c1OCc1ccccc1F. The predicted molar refractivity (Wildman–Crippen MR) is 141 cm³/mol. The van der Waals surface area contributed by atoms with E-state index in [-0.39, 0.29) is 39.8 Å². The summed E-state index contributed by atoms with van der Waals surface area (Å²) in [6.45, 7) is 2.11. The van der Waals surface area contributed by atoms with Gasteiger partial charge in [-0.2, -0.15) is 5.26 Å². The molecule has 1 aromatic heterocycles. The van der Waals surface area contributed by atoms with Crippen molar-refractivity contribution in [1.29, 1.82) is 5.26 Å². The number of benzene rings is 3. The normalized spacial score (nSPS) is 11.0. The van der Waals surface area contributed by atoms with Crippen LogP contribution in [0.5, 0.6) is 11.5 Å². The van der Waals surface area contributed by atoms with E-state index in [1.165, 1.54) is 6.07 Å². The molecule has 1 heterocycles. The molecule has 0 aliphatic carbocycles. The van der Waals surface area contributed by atoms with E-state index in [9.17, 15) is 14.4 Å². The minimum absolute atomic E-state index is 0.0344. The Labute approximate surface area is 221 Å². The fourth-order valence-corrected chi connectivity index (χ4v) is 4.27. The highest BCUT2D eigenvalue weighted by molar-refractivity contribution is 7.16. The standard InChI is InChI=1S/C27H20ClFN4O3S/c1-2-35-23-14-17(13-21(28)24(23)36-16-19-10-6-7-11-22(19)29)12-20(15-30)26-32-33-27(37-26)31-25(34)18-8-4-3-5-9-18/h3-14H,2,16H2,1H3,(H,31,33,34)/b20-12+. The average Bonchev–Trinajstić information content (AvgIpc) is 3.36. The smallest absolute Gasteiger partial charge is 0.257 e. The van der Waals surface area contributed by atoms with E-state index in [0.29, 0.717) is 34.1 Å². The fourth-order valence-electron chi connectivity index (χ4n) is 3.29. The first-order chi connectivity index (χ1) is 18.0. The summed E-state index contributed by atoms with van der Waals surface area (Å²) < 4.78 is 25.5. The molecule has 4 rings (SSSR count). The number of ether oxygens (including phenoxy) is 2. The molecule has 3 aromatic carbocycles. The summed E-state index contributed by atoms with van der Waals surface area (Å²) in [4.78, 5) is 12.4. The van der Waals surface area contributed by atoms with Crippen molar-refractivity contribution >= 4 is 45.6 Å². The zero-order chi connectivity index (χ0) is 26.2. The molecule has 0 saturated carbocycles. The lowest BCUT2D eigenvalue weighted by molar-refractivity contribution is 0.102. The highest BCUT2D eigenvalue weighted by Crippen LogP contribution is 2.38. The van der Waals surface area contributed by atoms with E-state index in [0.717, 1.165) is 11.3 Å². The number of halogens is 2. The van der Waals surface area contributed by atoms with E-state index in [1.54, 1.807) is 60.7 Å². The van der Waals surface area contributed by atoms with Gasteiger partial charge in [0.1, 0.15) is 18.5 Å². The topological polar surface area (TPSA) is 97.1 Å². The van der Waals surface area contributed by atoms with Crippen LogP contribution in [-0.2, 0) is 6.61 Å². The molecule has 0 spiro atoms. The molecule has 0 saturated heterocycles. The molecule has 4 aromatic rings. The number of nitrogens with zero attached hydrogens (tertiary/aromatic N) is 3. The molecule has 37 heavy (non-hydrogen) atoms. The van der Waals surface area contributed by atoms with Crippen LogP contribution in [0.1, 0.15) is 33.4 Å². The number of nitrogens with one attached hydrogen (secondary N) is 1. The van der Waals surface area contributed by atoms with Crippen molar-refractivity contribution in [2.45, 2.75) is 13.5 Å². The van der Waals surface area contributed by atoms with Crippen molar-refractivity contribution in [3.8, 4) is 17.6 Å². The summed E-state index contributed by atoms with van der Waals surface area (Å²) in [6.07, 6.45) is 1.58. The van der Waals surface area contributed by atoms with Gasteiger partial charge < -0.3 is 9.47 Å². The fraction of sp³-hybridized carbons (Fsp3) is 0.111. The van der Waals surface area contributed by atoms with E-state index in [2.05, 4.69) is 21.6 Å². The third-order valence-corrected chi connectivity index (χ3v) is 6.16. The molecule has 0 unspecified atom stereocenters. The zero-order valence-corrected chi connectivity index (χ0v) is 21.1. The Kier molecular flexibility index (Phi) is 8.46. The van der Waals surface area contributed by atoms with Gasteiger partial charge in [0.15, 0.2) is 16.5 Å². The summed E-state index contributed by atoms with van der Waals surface area (Å²) in [7, 11) is 0. The van der Waals surface area contributed by atoms with Gasteiger partial charge in [-0.3, -0.25) is 10.1 Å². The number of carbonyl (C=O) groups is 1. The van der Waals surface area contributed by atoms with Crippen LogP contribution in [0.3, 0.4) is 0 Å². The maximum atomic E-state index is 14.0. The molecule has 0 atom stereocenters. The average molecular weight is 535 g/mol. The maximum Gasteiger partial charge on any atom is 0.257 e. The van der Waals surface area contributed by atoms with Gasteiger partial charge in [0.25, 0.3) is 5.91 Å². The van der Waals surface area contributed by atoms with Crippen molar-refractivity contribution < 1.29 is 18.7 Å². The highest BCUT2D eigenvalue weighted by Gasteiger charge is 2.16. The summed E-state index contributed by atoms with van der Waals surface area (Å²) in [5, 5.41) is 21.3. The maximum absolute atomic E-state index is 14.0. The second kappa shape index (κ2) is 12.1. The number of anilines is 1. The number of amides is 1. The van der Waals surface area contributed by atoms with Gasteiger partial charge in [0.2, 0.25) is 5.13 Å². The first-order valence-electron chi connectivity index (χ1n) is 11.1. The monoisotopic (exact) mass is 534 g/mol. The molecule has 10 heteroatoms. The second-order valence-electron chi connectivity index (χ2n) is 7.55. The number of aromatic nitrogens is 2. The third kappa shape index (κ3) is 6.50. The van der Waals surface area contributed by atoms with Crippen LogP contribution < -0.4 is 14.8 Å². The molecule has 1 amide bonds. The minimum atomic E-state index is -0.383. The van der Waals surface area contributed by atoms with Crippen molar-refractivity contribution in [2.75, 3.05) is 11.9 Å².